The van der Waals surface area contributed by atoms with E-state index >= 15 is 0 Å². The molecule has 3 rings (SSSR count). The number of thiophene rings is 1. The largest absolute Gasteiger partial charge is 0.372 e. The first-order valence-corrected chi connectivity index (χ1v) is 11.4. The van der Waals surface area contributed by atoms with Gasteiger partial charge in [0.2, 0.25) is 0 Å². The fraction of sp³-hybridized carbons (Fsp3) is 0.478. The Morgan fingerprint density at radius 2 is 1.87 bits per heavy atom. The fourth-order valence-electron chi connectivity index (χ4n) is 3.54. The van der Waals surface area contributed by atoms with Crippen molar-refractivity contribution in [3.8, 4) is 0 Å². The normalized spacial score (nSPS) is 19.6. The molecule has 1 fully saturated rings. The Balaban J connectivity index is 1.59. The smallest absolute Gasteiger partial charge is 0.254 e. The highest BCUT2D eigenvalue weighted by atomic mass is 32.1. The Bertz CT molecular complexity index is 852. The van der Waals surface area contributed by atoms with E-state index in [1.807, 2.05) is 43.0 Å². The number of benzene rings is 1. The van der Waals surface area contributed by atoms with Gasteiger partial charge in [0.15, 0.2) is 5.96 Å². The molecule has 1 amide bonds. The van der Waals surface area contributed by atoms with E-state index in [0.29, 0.717) is 25.2 Å². The number of amides is 1. The van der Waals surface area contributed by atoms with Crippen LogP contribution in [0.5, 0.6) is 0 Å². The summed E-state index contributed by atoms with van der Waals surface area (Å²) < 4.78 is 5.73. The minimum Gasteiger partial charge on any atom is -0.372 e. The maximum atomic E-state index is 12.8. The van der Waals surface area contributed by atoms with Crippen LogP contribution in [0.15, 0.2) is 40.7 Å². The maximum absolute atomic E-state index is 12.8. The second-order valence-electron chi connectivity index (χ2n) is 7.74. The maximum Gasteiger partial charge on any atom is 0.254 e. The lowest BCUT2D eigenvalue weighted by Gasteiger charge is -2.35. The predicted molar refractivity (Wildman–Crippen MR) is 123 cm³/mol. The average molecular weight is 429 g/mol. The first-order chi connectivity index (χ1) is 14.5. The van der Waals surface area contributed by atoms with Gasteiger partial charge in [0.1, 0.15) is 0 Å². The van der Waals surface area contributed by atoms with Gasteiger partial charge in [-0.1, -0.05) is 12.1 Å². The number of morpholine rings is 1. The van der Waals surface area contributed by atoms with Gasteiger partial charge in [0.05, 0.1) is 25.3 Å². The monoisotopic (exact) mass is 428 g/mol. The van der Waals surface area contributed by atoms with E-state index in [9.17, 15) is 4.79 Å². The molecule has 2 N–H and O–H groups in total. The number of hydrogen-bond acceptors (Lipinski definition) is 4. The molecule has 0 saturated carbocycles. The number of nitrogens with zero attached hydrogens (tertiary/aromatic N) is 2. The molecule has 1 aromatic heterocycles. The summed E-state index contributed by atoms with van der Waals surface area (Å²) in [6.45, 7) is 11.6. The third-order valence-electron chi connectivity index (χ3n) is 5.06. The van der Waals surface area contributed by atoms with Crippen molar-refractivity contribution in [3.05, 3.63) is 57.3 Å². The van der Waals surface area contributed by atoms with Crippen LogP contribution < -0.4 is 10.6 Å². The molecule has 2 aromatic rings. The van der Waals surface area contributed by atoms with Crippen molar-refractivity contribution in [1.82, 2.24) is 15.5 Å². The van der Waals surface area contributed by atoms with Gasteiger partial charge in [0, 0.05) is 30.1 Å². The van der Waals surface area contributed by atoms with Crippen LogP contribution >= 0.6 is 11.3 Å². The Kier molecular flexibility index (Phi) is 7.87. The third-order valence-corrected chi connectivity index (χ3v) is 6.08. The predicted octanol–water partition coefficient (Wildman–Crippen LogP) is 3.56. The van der Waals surface area contributed by atoms with Crippen LogP contribution in [-0.2, 0) is 17.8 Å². The standard InChI is InChI=1S/C23H32N4O2S/c1-5-24-23(26-13-21-16(2)10-11-30-21)25-12-19-6-8-20(9-7-19)22(28)27-14-17(3)29-18(4)15-27/h6-11,17-18H,5,12-15H2,1-4H3,(H2,24,25,26). The molecule has 2 heterocycles. The van der Waals surface area contributed by atoms with Crippen molar-refractivity contribution in [3.63, 3.8) is 0 Å². The third kappa shape index (κ3) is 6.06. The number of guanidine groups is 1. The Morgan fingerprint density at radius 3 is 2.47 bits per heavy atom. The van der Waals surface area contributed by atoms with Crippen molar-refractivity contribution in [2.45, 2.75) is 53.0 Å². The van der Waals surface area contributed by atoms with Crippen LogP contribution in [0.1, 0.15) is 47.1 Å². The zero-order valence-electron chi connectivity index (χ0n) is 18.3. The van der Waals surface area contributed by atoms with E-state index < -0.39 is 0 Å². The minimum atomic E-state index is 0.0633. The van der Waals surface area contributed by atoms with Crippen molar-refractivity contribution < 1.29 is 9.53 Å². The molecule has 0 bridgehead atoms. The lowest BCUT2D eigenvalue weighted by Crippen LogP contribution is -2.48. The minimum absolute atomic E-state index is 0.0633. The highest BCUT2D eigenvalue weighted by Crippen LogP contribution is 2.16. The zero-order chi connectivity index (χ0) is 21.5. The topological polar surface area (TPSA) is 66.0 Å². The van der Waals surface area contributed by atoms with E-state index in [0.717, 1.165) is 24.6 Å². The summed E-state index contributed by atoms with van der Waals surface area (Å²) in [6, 6.07) is 9.89. The van der Waals surface area contributed by atoms with Gasteiger partial charge in [-0.05, 0) is 62.4 Å². The summed E-state index contributed by atoms with van der Waals surface area (Å²) in [5.41, 5.74) is 3.08. The van der Waals surface area contributed by atoms with Gasteiger partial charge in [0.25, 0.3) is 5.91 Å². The van der Waals surface area contributed by atoms with E-state index in [2.05, 4.69) is 40.9 Å². The first-order valence-electron chi connectivity index (χ1n) is 10.5. The van der Waals surface area contributed by atoms with Crippen LogP contribution in [-0.4, -0.2) is 48.6 Å². The molecular formula is C23H32N4O2S. The highest BCUT2D eigenvalue weighted by Gasteiger charge is 2.26. The summed E-state index contributed by atoms with van der Waals surface area (Å²) in [5, 5.41) is 8.79. The van der Waals surface area contributed by atoms with Crippen molar-refractivity contribution in [2.75, 3.05) is 19.6 Å². The number of hydrogen-bond donors (Lipinski definition) is 2. The van der Waals surface area contributed by atoms with Crippen LogP contribution in [0.3, 0.4) is 0 Å². The Hall–Kier alpha value is -2.38. The van der Waals surface area contributed by atoms with Gasteiger partial charge in [-0.15, -0.1) is 11.3 Å². The van der Waals surface area contributed by atoms with Gasteiger partial charge < -0.3 is 20.3 Å². The van der Waals surface area contributed by atoms with Gasteiger partial charge >= 0.3 is 0 Å². The molecule has 1 aromatic carbocycles. The first kappa shape index (κ1) is 22.3. The summed E-state index contributed by atoms with van der Waals surface area (Å²) in [5.74, 6) is 0.857. The van der Waals surface area contributed by atoms with Crippen molar-refractivity contribution >= 4 is 23.2 Å². The molecule has 0 radical (unpaired) electrons. The van der Waals surface area contributed by atoms with Crippen LogP contribution in [0.25, 0.3) is 0 Å². The van der Waals surface area contributed by atoms with E-state index in [1.54, 1.807) is 11.3 Å². The number of aryl methyl sites for hydroxylation is 1. The average Bonchev–Trinajstić information content (AvgIpc) is 3.14. The second kappa shape index (κ2) is 10.6. The molecule has 0 spiro atoms. The number of carbonyl (C=O) groups is 1. The molecule has 2 unspecified atom stereocenters. The summed E-state index contributed by atoms with van der Waals surface area (Å²) in [4.78, 5) is 20.7. The van der Waals surface area contributed by atoms with Crippen molar-refractivity contribution in [2.24, 2.45) is 4.99 Å². The quantitative estimate of drug-likeness (QED) is 0.545. The number of aliphatic imine (C=N–C) groups is 1. The molecule has 0 aliphatic carbocycles. The number of rotatable bonds is 6. The molecule has 2 atom stereocenters. The lowest BCUT2D eigenvalue weighted by atomic mass is 10.1. The highest BCUT2D eigenvalue weighted by molar-refractivity contribution is 7.10. The van der Waals surface area contributed by atoms with Crippen LogP contribution in [0.2, 0.25) is 0 Å². The van der Waals surface area contributed by atoms with E-state index in [-0.39, 0.29) is 18.1 Å². The molecule has 30 heavy (non-hydrogen) atoms. The number of carbonyl (C=O) groups excluding carboxylic acids is 1. The van der Waals surface area contributed by atoms with E-state index in [1.165, 1.54) is 10.4 Å². The lowest BCUT2D eigenvalue weighted by molar-refractivity contribution is -0.0586. The summed E-state index contributed by atoms with van der Waals surface area (Å²) in [7, 11) is 0. The second-order valence-corrected chi connectivity index (χ2v) is 8.74. The molecular weight excluding hydrogens is 396 g/mol. The van der Waals surface area contributed by atoms with E-state index in [4.69, 9.17) is 4.74 Å². The van der Waals surface area contributed by atoms with Crippen molar-refractivity contribution in [1.29, 1.82) is 0 Å². The zero-order valence-corrected chi connectivity index (χ0v) is 19.1. The summed E-state index contributed by atoms with van der Waals surface area (Å²) >= 11 is 1.75. The molecule has 1 aliphatic heterocycles. The Labute approximate surface area is 183 Å². The molecule has 6 nitrogen and oxygen atoms in total. The molecule has 1 saturated heterocycles. The summed E-state index contributed by atoms with van der Waals surface area (Å²) in [6.07, 6.45) is 0.141. The number of nitrogens with one attached hydrogen (secondary N) is 2. The van der Waals surface area contributed by atoms with Gasteiger partial charge in [-0.2, -0.15) is 0 Å². The van der Waals surface area contributed by atoms with Crippen LogP contribution in [0, 0.1) is 6.92 Å². The van der Waals surface area contributed by atoms with Crippen LogP contribution in [0.4, 0.5) is 0 Å². The molecule has 7 heteroatoms. The fourth-order valence-corrected chi connectivity index (χ4v) is 4.39. The molecule has 162 valence electrons. The molecule has 1 aliphatic rings. The number of ether oxygens (including phenoxy) is 1. The van der Waals surface area contributed by atoms with Gasteiger partial charge in [-0.25, -0.2) is 4.99 Å². The van der Waals surface area contributed by atoms with Gasteiger partial charge in [-0.3, -0.25) is 4.79 Å². The Morgan fingerprint density at radius 1 is 1.17 bits per heavy atom. The SMILES string of the molecule is CCNC(=NCc1ccc(C(=O)N2CC(C)OC(C)C2)cc1)NCc1sccc1C.